The number of Topliss-reactive ketones (excluding diaryl/α,β-unsaturated/α-hetero) is 1. The number of amides is 1. The predicted molar refractivity (Wildman–Crippen MR) is 116 cm³/mol. The molecule has 0 bridgehead atoms. The molecule has 2 aromatic rings. The summed E-state index contributed by atoms with van der Waals surface area (Å²) >= 11 is 0. The fourth-order valence-corrected chi connectivity index (χ4v) is 4.24. The van der Waals surface area contributed by atoms with Crippen LogP contribution in [0.1, 0.15) is 41.6 Å². The van der Waals surface area contributed by atoms with E-state index in [2.05, 4.69) is 16.9 Å². The zero-order valence-electron chi connectivity index (χ0n) is 17.8. The molecule has 31 heavy (non-hydrogen) atoms. The number of aliphatic hydroxyl groups is 1. The highest BCUT2D eigenvalue weighted by Gasteiger charge is 2.37. The number of carbonyl (C=O) groups excluding carboxylic acids is 2. The molecule has 3 atom stereocenters. The van der Waals surface area contributed by atoms with Gasteiger partial charge < -0.3 is 14.7 Å². The zero-order valence-corrected chi connectivity index (χ0v) is 17.8. The van der Waals surface area contributed by atoms with Crippen LogP contribution in [-0.4, -0.2) is 64.8 Å². The molecular formula is C24H27N3O4. The lowest BCUT2D eigenvalue weighted by Gasteiger charge is -2.16. The summed E-state index contributed by atoms with van der Waals surface area (Å²) < 4.78 is 5.22. The Morgan fingerprint density at radius 1 is 1.26 bits per heavy atom. The van der Waals surface area contributed by atoms with E-state index in [1.807, 2.05) is 36.4 Å². The third-order valence-corrected chi connectivity index (χ3v) is 6.02. The molecular weight excluding hydrogens is 394 g/mol. The minimum Gasteiger partial charge on any atom is -0.388 e. The van der Waals surface area contributed by atoms with Gasteiger partial charge in [0.05, 0.1) is 12.6 Å². The molecule has 7 heteroatoms. The third kappa shape index (κ3) is 4.57. The quantitative estimate of drug-likeness (QED) is 0.737. The number of hydrogen-bond donors (Lipinski definition) is 1. The van der Waals surface area contributed by atoms with Crippen molar-refractivity contribution in [1.29, 1.82) is 0 Å². The third-order valence-electron chi connectivity index (χ3n) is 6.02. The Balaban J connectivity index is 1.39. The maximum atomic E-state index is 12.9. The van der Waals surface area contributed by atoms with Crippen molar-refractivity contribution < 1.29 is 19.4 Å². The summed E-state index contributed by atoms with van der Waals surface area (Å²) in [7, 11) is 1.53. The van der Waals surface area contributed by atoms with Crippen LogP contribution in [0, 0.1) is 0 Å². The average Bonchev–Trinajstić information content (AvgIpc) is 3.36. The Labute approximate surface area is 181 Å². The van der Waals surface area contributed by atoms with Gasteiger partial charge in [0.2, 0.25) is 0 Å². The molecule has 1 fully saturated rings. The van der Waals surface area contributed by atoms with Crippen LogP contribution in [0.15, 0.2) is 47.6 Å². The van der Waals surface area contributed by atoms with Gasteiger partial charge in [0.25, 0.3) is 5.91 Å². The largest absolute Gasteiger partial charge is 0.388 e. The minimum atomic E-state index is -0.694. The number of likely N-dealkylation sites (tertiary alicyclic amines) is 1. The molecule has 0 unspecified atom stereocenters. The first kappa shape index (κ1) is 21.3. The number of benzene rings is 1. The van der Waals surface area contributed by atoms with Crippen molar-refractivity contribution in [2.45, 2.75) is 44.4 Å². The van der Waals surface area contributed by atoms with Gasteiger partial charge in [0.1, 0.15) is 17.6 Å². The van der Waals surface area contributed by atoms with E-state index < -0.39 is 6.10 Å². The Morgan fingerprint density at radius 3 is 2.74 bits per heavy atom. The maximum Gasteiger partial charge on any atom is 0.272 e. The van der Waals surface area contributed by atoms with Gasteiger partial charge in [-0.3, -0.25) is 19.6 Å². The van der Waals surface area contributed by atoms with Crippen LogP contribution in [0.3, 0.4) is 0 Å². The van der Waals surface area contributed by atoms with Crippen LogP contribution in [0.5, 0.6) is 0 Å². The van der Waals surface area contributed by atoms with E-state index in [0.29, 0.717) is 36.5 Å². The first-order valence-corrected chi connectivity index (χ1v) is 10.6. The molecule has 2 aliphatic rings. The van der Waals surface area contributed by atoms with Crippen molar-refractivity contribution >= 4 is 17.4 Å². The van der Waals surface area contributed by atoms with Crippen molar-refractivity contribution in [3.05, 3.63) is 65.0 Å². The summed E-state index contributed by atoms with van der Waals surface area (Å²) in [6.07, 6.45) is 1.29. The second kappa shape index (κ2) is 9.08. The normalized spacial score (nSPS) is 21.0. The molecule has 4 rings (SSSR count). The summed E-state index contributed by atoms with van der Waals surface area (Å²) in [6, 6.07) is 11.9. The SMILES string of the molecule is CO[C@H]1CN(C(=O)C2=NCc3cc(CC(=O)C[C@H](C)c4ccccc4)ncc32)C[C@@H]1O. The summed E-state index contributed by atoms with van der Waals surface area (Å²) in [5, 5.41) is 10.00. The molecule has 2 aliphatic heterocycles. The topological polar surface area (TPSA) is 92.1 Å². The molecule has 0 aliphatic carbocycles. The van der Waals surface area contributed by atoms with Gasteiger partial charge in [0, 0.05) is 50.5 Å². The highest BCUT2D eigenvalue weighted by molar-refractivity contribution is 6.46. The molecule has 1 N–H and O–H groups in total. The summed E-state index contributed by atoms with van der Waals surface area (Å²) in [4.78, 5) is 35.9. The average molecular weight is 421 g/mol. The molecule has 1 saturated heterocycles. The van der Waals surface area contributed by atoms with Gasteiger partial charge >= 0.3 is 0 Å². The van der Waals surface area contributed by atoms with E-state index in [1.54, 1.807) is 11.1 Å². The number of methoxy groups -OCH3 is 1. The Hall–Kier alpha value is -2.90. The van der Waals surface area contributed by atoms with E-state index in [9.17, 15) is 14.7 Å². The molecule has 1 aromatic heterocycles. The second-order valence-corrected chi connectivity index (χ2v) is 8.28. The molecule has 3 heterocycles. The van der Waals surface area contributed by atoms with Gasteiger partial charge in [-0.1, -0.05) is 37.3 Å². The maximum absolute atomic E-state index is 12.9. The number of nitrogens with zero attached hydrogens (tertiary/aromatic N) is 3. The van der Waals surface area contributed by atoms with Crippen LogP contribution < -0.4 is 0 Å². The fraction of sp³-hybridized carbons (Fsp3) is 0.417. The number of rotatable bonds is 7. The van der Waals surface area contributed by atoms with Gasteiger partial charge in [-0.2, -0.15) is 0 Å². The van der Waals surface area contributed by atoms with Gasteiger partial charge in [0.15, 0.2) is 0 Å². The van der Waals surface area contributed by atoms with Crippen molar-refractivity contribution in [2.75, 3.05) is 20.2 Å². The minimum absolute atomic E-state index is 0.135. The second-order valence-electron chi connectivity index (χ2n) is 8.28. The van der Waals surface area contributed by atoms with E-state index in [0.717, 1.165) is 11.1 Å². The first-order chi connectivity index (χ1) is 15.0. The van der Waals surface area contributed by atoms with Crippen LogP contribution >= 0.6 is 0 Å². The number of carbonyl (C=O) groups is 2. The van der Waals surface area contributed by atoms with Gasteiger partial charge in [-0.15, -0.1) is 0 Å². The van der Waals surface area contributed by atoms with Crippen LogP contribution in [0.2, 0.25) is 0 Å². The van der Waals surface area contributed by atoms with Crippen molar-refractivity contribution in [3.8, 4) is 0 Å². The summed E-state index contributed by atoms with van der Waals surface area (Å²) in [5.41, 5.74) is 3.82. The first-order valence-electron chi connectivity index (χ1n) is 10.6. The van der Waals surface area contributed by atoms with Crippen molar-refractivity contribution in [3.63, 3.8) is 0 Å². The molecule has 0 radical (unpaired) electrons. The lowest BCUT2D eigenvalue weighted by Crippen LogP contribution is -2.35. The van der Waals surface area contributed by atoms with Crippen molar-refractivity contribution in [2.24, 2.45) is 4.99 Å². The van der Waals surface area contributed by atoms with E-state index in [-0.39, 0.29) is 36.7 Å². The number of ketones is 1. The van der Waals surface area contributed by atoms with Crippen LogP contribution in [0.4, 0.5) is 0 Å². The highest BCUT2D eigenvalue weighted by Crippen LogP contribution is 2.24. The van der Waals surface area contributed by atoms with Gasteiger partial charge in [-0.05, 0) is 23.1 Å². The van der Waals surface area contributed by atoms with Crippen LogP contribution in [-0.2, 0) is 27.3 Å². The summed E-state index contributed by atoms with van der Waals surface area (Å²) in [5.74, 6) is 0.0674. The number of ether oxygens (including phenoxy) is 1. The monoisotopic (exact) mass is 421 g/mol. The van der Waals surface area contributed by atoms with E-state index in [4.69, 9.17) is 4.74 Å². The molecule has 1 aromatic carbocycles. The fourth-order valence-electron chi connectivity index (χ4n) is 4.24. The molecule has 1 amide bonds. The van der Waals surface area contributed by atoms with Crippen molar-refractivity contribution in [1.82, 2.24) is 9.88 Å². The summed E-state index contributed by atoms with van der Waals surface area (Å²) in [6.45, 7) is 3.01. The van der Waals surface area contributed by atoms with E-state index in [1.165, 1.54) is 7.11 Å². The predicted octanol–water partition coefficient (Wildman–Crippen LogP) is 1.91. The van der Waals surface area contributed by atoms with E-state index >= 15 is 0 Å². The van der Waals surface area contributed by atoms with Crippen LogP contribution in [0.25, 0.3) is 0 Å². The lowest BCUT2D eigenvalue weighted by atomic mass is 9.94. The number of β-amino-alcohol motifs (C(OH)–C–C–N with tert-alkyl or cyclic N) is 1. The number of aromatic nitrogens is 1. The zero-order chi connectivity index (χ0) is 22.0. The highest BCUT2D eigenvalue weighted by atomic mass is 16.5. The van der Waals surface area contributed by atoms with Gasteiger partial charge in [-0.25, -0.2) is 0 Å². The molecule has 0 saturated carbocycles. The Morgan fingerprint density at radius 2 is 2.03 bits per heavy atom. The Kier molecular flexibility index (Phi) is 6.25. The number of hydrogen-bond acceptors (Lipinski definition) is 6. The number of aliphatic imine (C=N–C) groups is 1. The molecule has 7 nitrogen and oxygen atoms in total. The number of fused-ring (bicyclic) bond motifs is 1. The number of aliphatic hydroxyl groups excluding tert-OH is 1. The standard InChI is InChI=1S/C24H27N3O4/c1-15(16-6-4-3-5-7-16)8-19(28)10-18-9-17-11-26-23(20(17)12-25-18)24(30)27-13-21(29)22(14-27)31-2/h3-7,9,12,15,21-22,29H,8,10-11,13-14H2,1-2H3/t15-,21-,22-/m0/s1. The Bertz CT molecular complexity index is 1010. The number of pyridine rings is 1. The lowest BCUT2D eigenvalue weighted by molar-refractivity contribution is -0.123. The molecule has 162 valence electrons. The smallest absolute Gasteiger partial charge is 0.272 e. The molecule has 0 spiro atoms.